The predicted molar refractivity (Wildman–Crippen MR) is 84.7 cm³/mol. The van der Waals surface area contributed by atoms with Crippen LogP contribution in [0.4, 0.5) is 0 Å². The molecule has 1 aliphatic rings. The number of sulfonamides is 1. The van der Waals surface area contributed by atoms with Crippen molar-refractivity contribution in [2.75, 3.05) is 5.75 Å². The lowest BCUT2D eigenvalue weighted by Gasteiger charge is -2.21. The van der Waals surface area contributed by atoms with Crippen molar-refractivity contribution >= 4 is 32.7 Å². The summed E-state index contributed by atoms with van der Waals surface area (Å²) in [5.74, 6) is 0.218. The fourth-order valence-electron chi connectivity index (χ4n) is 2.17. The highest BCUT2D eigenvalue weighted by molar-refractivity contribution is 7.89. The van der Waals surface area contributed by atoms with Gasteiger partial charge in [-0.05, 0) is 42.2 Å². The average Bonchev–Trinajstić information content (AvgIpc) is 2.94. The summed E-state index contributed by atoms with van der Waals surface area (Å²) in [7, 11) is -3.16. The van der Waals surface area contributed by atoms with Crippen molar-refractivity contribution in [3.05, 3.63) is 44.8 Å². The van der Waals surface area contributed by atoms with Crippen LogP contribution >= 0.6 is 22.7 Å². The van der Waals surface area contributed by atoms with Crippen LogP contribution in [0.1, 0.15) is 22.6 Å². The Bertz CT molecular complexity index is 628. The second kappa shape index (κ2) is 5.97. The number of nitrogens with zero attached hydrogens (tertiary/aromatic N) is 1. The lowest BCUT2D eigenvalue weighted by Crippen LogP contribution is -2.34. The number of rotatable bonds is 7. The second-order valence-corrected chi connectivity index (χ2v) is 9.11. The third-order valence-corrected chi connectivity index (χ3v) is 7.05. The van der Waals surface area contributed by atoms with E-state index in [1.54, 1.807) is 27.0 Å². The van der Waals surface area contributed by atoms with Gasteiger partial charge in [-0.15, -0.1) is 22.7 Å². The van der Waals surface area contributed by atoms with Crippen LogP contribution in [-0.2, 0) is 23.0 Å². The van der Waals surface area contributed by atoms with E-state index in [1.807, 2.05) is 35.0 Å². The quantitative estimate of drug-likeness (QED) is 0.782. The lowest BCUT2D eigenvalue weighted by atomic mass is 10.4. The highest BCUT2D eigenvalue weighted by Crippen LogP contribution is 2.32. The Morgan fingerprint density at radius 1 is 1.10 bits per heavy atom. The zero-order valence-electron chi connectivity index (χ0n) is 11.1. The van der Waals surface area contributed by atoms with E-state index in [-0.39, 0.29) is 11.8 Å². The van der Waals surface area contributed by atoms with Gasteiger partial charge in [0, 0.05) is 22.3 Å². The molecule has 0 amide bonds. The van der Waals surface area contributed by atoms with E-state index >= 15 is 0 Å². The van der Waals surface area contributed by atoms with Crippen LogP contribution in [0, 0.1) is 0 Å². The molecule has 3 rings (SSSR count). The molecular weight excluding hydrogens is 310 g/mol. The van der Waals surface area contributed by atoms with E-state index in [0.717, 1.165) is 22.6 Å². The fourth-order valence-corrected chi connectivity index (χ4v) is 5.51. The molecule has 1 fully saturated rings. The minimum Gasteiger partial charge on any atom is -0.212 e. The van der Waals surface area contributed by atoms with Gasteiger partial charge >= 0.3 is 0 Å². The molecule has 108 valence electrons. The largest absolute Gasteiger partial charge is 0.215 e. The molecule has 0 bridgehead atoms. The van der Waals surface area contributed by atoms with Gasteiger partial charge < -0.3 is 0 Å². The maximum absolute atomic E-state index is 12.6. The molecule has 1 saturated carbocycles. The summed E-state index contributed by atoms with van der Waals surface area (Å²) < 4.78 is 26.9. The second-order valence-electron chi connectivity index (χ2n) is 5.00. The van der Waals surface area contributed by atoms with Gasteiger partial charge in [-0.3, -0.25) is 0 Å². The Balaban J connectivity index is 1.69. The maximum atomic E-state index is 12.6. The van der Waals surface area contributed by atoms with Crippen molar-refractivity contribution in [2.24, 2.45) is 0 Å². The summed E-state index contributed by atoms with van der Waals surface area (Å²) >= 11 is 3.25. The first kappa shape index (κ1) is 14.3. The molecule has 2 heterocycles. The van der Waals surface area contributed by atoms with Gasteiger partial charge in [-0.2, -0.15) is 4.31 Å². The predicted octanol–water partition coefficient (Wildman–Crippen LogP) is 3.35. The molecule has 2 aromatic heterocycles. The zero-order valence-corrected chi connectivity index (χ0v) is 13.5. The molecule has 3 nitrogen and oxygen atoms in total. The van der Waals surface area contributed by atoms with E-state index in [2.05, 4.69) is 0 Å². The molecule has 0 aliphatic heterocycles. The molecule has 2 aromatic rings. The van der Waals surface area contributed by atoms with Gasteiger partial charge in [-0.1, -0.05) is 12.1 Å². The van der Waals surface area contributed by atoms with Gasteiger partial charge in [0.1, 0.15) is 0 Å². The summed E-state index contributed by atoms with van der Waals surface area (Å²) in [5, 5.41) is 3.99. The molecule has 6 heteroatoms. The first-order valence-electron chi connectivity index (χ1n) is 6.69. The van der Waals surface area contributed by atoms with E-state index in [0.29, 0.717) is 13.0 Å². The summed E-state index contributed by atoms with van der Waals surface area (Å²) in [6.07, 6.45) is 2.63. The minimum absolute atomic E-state index is 0.218. The first-order chi connectivity index (χ1) is 9.65. The first-order valence-corrected chi connectivity index (χ1v) is 10.1. The van der Waals surface area contributed by atoms with Crippen LogP contribution in [0.25, 0.3) is 0 Å². The van der Waals surface area contributed by atoms with Crippen molar-refractivity contribution in [2.45, 2.75) is 31.8 Å². The van der Waals surface area contributed by atoms with Crippen molar-refractivity contribution in [3.8, 4) is 0 Å². The van der Waals surface area contributed by atoms with Gasteiger partial charge in [0.05, 0.1) is 5.75 Å². The third-order valence-electron chi connectivity index (χ3n) is 3.39. The summed E-state index contributed by atoms with van der Waals surface area (Å²) in [5.41, 5.74) is 0. The number of hydrogen-bond donors (Lipinski definition) is 0. The molecule has 1 aliphatic carbocycles. The van der Waals surface area contributed by atoms with E-state index in [4.69, 9.17) is 0 Å². The van der Waals surface area contributed by atoms with Gasteiger partial charge in [-0.25, -0.2) is 8.42 Å². The van der Waals surface area contributed by atoms with Crippen LogP contribution in [0.15, 0.2) is 35.0 Å². The van der Waals surface area contributed by atoms with Crippen molar-refractivity contribution in [1.82, 2.24) is 4.31 Å². The topological polar surface area (TPSA) is 37.4 Å². The summed E-state index contributed by atoms with van der Waals surface area (Å²) in [4.78, 5) is 2.26. The highest BCUT2D eigenvalue weighted by atomic mass is 32.2. The van der Waals surface area contributed by atoms with E-state index in [1.165, 1.54) is 0 Å². The molecule has 20 heavy (non-hydrogen) atoms. The molecule has 0 spiro atoms. The van der Waals surface area contributed by atoms with Gasteiger partial charge in [0.25, 0.3) is 0 Å². The Kier molecular flexibility index (Phi) is 4.26. The maximum Gasteiger partial charge on any atom is 0.215 e. The Labute approximate surface area is 127 Å². The summed E-state index contributed by atoms with van der Waals surface area (Å²) in [6, 6.07) is 8.18. The van der Waals surface area contributed by atoms with Crippen LogP contribution in [0.5, 0.6) is 0 Å². The smallest absolute Gasteiger partial charge is 0.212 e. The fraction of sp³-hybridized carbons (Fsp3) is 0.429. The van der Waals surface area contributed by atoms with E-state index < -0.39 is 10.0 Å². The third kappa shape index (κ3) is 3.49. The van der Waals surface area contributed by atoms with Crippen molar-refractivity contribution < 1.29 is 8.42 Å². The molecule has 0 aromatic carbocycles. The molecule has 0 radical (unpaired) electrons. The molecular formula is C14H17NO2S3. The zero-order chi connectivity index (χ0) is 14.0. The average molecular weight is 327 g/mol. The van der Waals surface area contributed by atoms with Crippen LogP contribution in [0.3, 0.4) is 0 Å². The van der Waals surface area contributed by atoms with Gasteiger partial charge in [0.2, 0.25) is 10.0 Å². The van der Waals surface area contributed by atoms with Crippen LogP contribution < -0.4 is 0 Å². The van der Waals surface area contributed by atoms with E-state index in [9.17, 15) is 8.42 Å². The number of thiophene rings is 2. The normalized spacial score (nSPS) is 15.8. The number of hydrogen-bond acceptors (Lipinski definition) is 4. The molecule has 0 atom stereocenters. The SMILES string of the molecule is O=S(=O)(CCc1cccs1)N(Cc1cccs1)C1CC1. The van der Waals surface area contributed by atoms with Crippen molar-refractivity contribution in [3.63, 3.8) is 0 Å². The minimum atomic E-state index is -3.16. The Morgan fingerprint density at radius 2 is 1.75 bits per heavy atom. The number of aryl methyl sites for hydroxylation is 1. The van der Waals surface area contributed by atoms with Crippen LogP contribution in [0.2, 0.25) is 0 Å². The van der Waals surface area contributed by atoms with Crippen LogP contribution in [-0.4, -0.2) is 24.5 Å². The molecule has 0 N–H and O–H groups in total. The summed E-state index contributed by atoms with van der Waals surface area (Å²) in [6.45, 7) is 0.537. The molecule has 0 unspecified atom stereocenters. The highest BCUT2D eigenvalue weighted by Gasteiger charge is 2.37. The lowest BCUT2D eigenvalue weighted by molar-refractivity contribution is 0.401. The van der Waals surface area contributed by atoms with Gasteiger partial charge in [0.15, 0.2) is 0 Å². The van der Waals surface area contributed by atoms with Crippen molar-refractivity contribution in [1.29, 1.82) is 0 Å². The molecule has 0 saturated heterocycles. The Hall–Kier alpha value is -0.690. The monoisotopic (exact) mass is 327 g/mol. The Morgan fingerprint density at radius 3 is 2.30 bits per heavy atom. The standard InChI is InChI=1S/C14H17NO2S3/c16-20(17,10-7-13-3-1-8-18-13)15(12-5-6-12)11-14-4-2-9-19-14/h1-4,8-9,12H,5-7,10-11H2.